The Bertz CT molecular complexity index is 560. The van der Waals surface area contributed by atoms with Gasteiger partial charge in [0.25, 0.3) is 0 Å². The number of furan rings is 1. The summed E-state index contributed by atoms with van der Waals surface area (Å²) in [6.07, 6.45) is 1.46. The van der Waals surface area contributed by atoms with E-state index in [0.29, 0.717) is 11.3 Å². The van der Waals surface area contributed by atoms with Gasteiger partial charge in [-0.05, 0) is 24.6 Å². The fourth-order valence-electron chi connectivity index (χ4n) is 1.57. The molecule has 5 heteroatoms. The lowest BCUT2D eigenvalue weighted by Gasteiger charge is -2.01. The Balaban J connectivity index is 2.36. The summed E-state index contributed by atoms with van der Waals surface area (Å²) in [5, 5.41) is 0. The summed E-state index contributed by atoms with van der Waals surface area (Å²) < 4.78 is 11.0. The Hall–Kier alpha value is -1.75. The van der Waals surface area contributed by atoms with Gasteiger partial charge in [-0.15, -0.1) is 0 Å². The SMILES string of the molecule is CCOC(=O)c1occ(-c2ccc(Br)cc2)c1N. The summed E-state index contributed by atoms with van der Waals surface area (Å²) in [6.45, 7) is 2.01. The van der Waals surface area contributed by atoms with Gasteiger partial charge in [-0.2, -0.15) is 0 Å². The molecule has 0 aliphatic carbocycles. The van der Waals surface area contributed by atoms with E-state index in [4.69, 9.17) is 14.9 Å². The lowest BCUT2D eigenvalue weighted by atomic mass is 10.1. The highest BCUT2D eigenvalue weighted by molar-refractivity contribution is 9.10. The Labute approximate surface area is 113 Å². The van der Waals surface area contributed by atoms with E-state index in [-0.39, 0.29) is 12.4 Å². The Morgan fingerprint density at radius 3 is 2.67 bits per heavy atom. The maximum Gasteiger partial charge on any atom is 0.376 e. The topological polar surface area (TPSA) is 65.5 Å². The minimum absolute atomic E-state index is 0.0507. The number of carbonyl (C=O) groups excluding carboxylic acids is 1. The molecular formula is C13H12BrNO3. The van der Waals surface area contributed by atoms with Crippen LogP contribution in [-0.4, -0.2) is 12.6 Å². The van der Waals surface area contributed by atoms with Crippen LogP contribution < -0.4 is 5.73 Å². The maximum absolute atomic E-state index is 11.6. The first-order chi connectivity index (χ1) is 8.63. The molecule has 0 aliphatic rings. The van der Waals surface area contributed by atoms with Crippen LogP contribution in [0.4, 0.5) is 5.69 Å². The monoisotopic (exact) mass is 309 g/mol. The minimum atomic E-state index is -0.543. The molecule has 2 N–H and O–H groups in total. The van der Waals surface area contributed by atoms with E-state index in [1.807, 2.05) is 24.3 Å². The first-order valence-corrected chi connectivity index (χ1v) is 6.22. The third-order valence-electron chi connectivity index (χ3n) is 2.45. The van der Waals surface area contributed by atoms with Gasteiger partial charge in [0.1, 0.15) is 6.26 Å². The third-order valence-corrected chi connectivity index (χ3v) is 2.97. The largest absolute Gasteiger partial charge is 0.460 e. The smallest absolute Gasteiger partial charge is 0.376 e. The number of rotatable bonds is 3. The molecule has 0 saturated heterocycles. The van der Waals surface area contributed by atoms with Crippen LogP contribution in [0, 0.1) is 0 Å². The molecule has 2 aromatic rings. The number of esters is 1. The van der Waals surface area contributed by atoms with Crippen LogP contribution in [0.25, 0.3) is 11.1 Å². The van der Waals surface area contributed by atoms with E-state index in [9.17, 15) is 4.79 Å². The predicted molar refractivity (Wildman–Crippen MR) is 72.2 cm³/mol. The molecule has 0 aliphatic heterocycles. The van der Waals surface area contributed by atoms with Gasteiger partial charge >= 0.3 is 5.97 Å². The van der Waals surface area contributed by atoms with E-state index in [2.05, 4.69) is 15.9 Å². The van der Waals surface area contributed by atoms with Gasteiger partial charge in [0, 0.05) is 10.0 Å². The molecule has 0 fully saturated rings. The molecule has 94 valence electrons. The number of carbonyl (C=O) groups is 1. The highest BCUT2D eigenvalue weighted by Crippen LogP contribution is 2.31. The molecule has 1 aromatic heterocycles. The molecule has 0 radical (unpaired) electrons. The summed E-state index contributed by atoms with van der Waals surface area (Å²) in [6, 6.07) is 7.57. The first kappa shape index (κ1) is 12.7. The summed E-state index contributed by atoms with van der Waals surface area (Å²) in [5.74, 6) is -0.492. The second-order valence-corrected chi connectivity index (χ2v) is 4.54. The molecular weight excluding hydrogens is 298 g/mol. The molecule has 0 spiro atoms. The zero-order valence-corrected chi connectivity index (χ0v) is 11.4. The van der Waals surface area contributed by atoms with Crippen molar-refractivity contribution in [1.82, 2.24) is 0 Å². The fourth-order valence-corrected chi connectivity index (χ4v) is 1.84. The van der Waals surface area contributed by atoms with Crippen molar-refractivity contribution in [3.05, 3.63) is 40.8 Å². The average Bonchev–Trinajstić information content (AvgIpc) is 2.73. The number of anilines is 1. The van der Waals surface area contributed by atoms with Crippen molar-refractivity contribution < 1.29 is 13.9 Å². The molecule has 2 rings (SSSR count). The van der Waals surface area contributed by atoms with Crippen LogP contribution in [0.2, 0.25) is 0 Å². The number of nitrogen functional groups attached to an aromatic ring is 1. The summed E-state index contributed by atoms with van der Waals surface area (Å²) in [4.78, 5) is 11.6. The number of ether oxygens (including phenoxy) is 1. The zero-order chi connectivity index (χ0) is 13.1. The summed E-state index contributed by atoms with van der Waals surface area (Å²) in [7, 11) is 0. The average molecular weight is 310 g/mol. The quantitative estimate of drug-likeness (QED) is 0.882. The molecule has 1 aromatic carbocycles. The number of benzene rings is 1. The van der Waals surface area contributed by atoms with Gasteiger partial charge < -0.3 is 14.9 Å². The van der Waals surface area contributed by atoms with Gasteiger partial charge in [0.05, 0.1) is 12.3 Å². The number of halogens is 1. The van der Waals surface area contributed by atoms with Gasteiger partial charge in [0.2, 0.25) is 5.76 Å². The predicted octanol–water partition coefficient (Wildman–Crippen LogP) is 3.47. The van der Waals surface area contributed by atoms with Gasteiger partial charge in [-0.25, -0.2) is 4.79 Å². The highest BCUT2D eigenvalue weighted by atomic mass is 79.9. The van der Waals surface area contributed by atoms with Crippen molar-refractivity contribution in [2.45, 2.75) is 6.92 Å². The van der Waals surface area contributed by atoms with Crippen molar-refractivity contribution in [3.63, 3.8) is 0 Å². The van der Waals surface area contributed by atoms with Crippen LogP contribution in [-0.2, 0) is 4.74 Å². The van der Waals surface area contributed by atoms with Crippen LogP contribution in [0.5, 0.6) is 0 Å². The molecule has 4 nitrogen and oxygen atoms in total. The molecule has 1 heterocycles. The Morgan fingerprint density at radius 1 is 1.39 bits per heavy atom. The maximum atomic E-state index is 11.6. The zero-order valence-electron chi connectivity index (χ0n) is 9.77. The number of hydrogen-bond acceptors (Lipinski definition) is 4. The van der Waals surface area contributed by atoms with Crippen LogP contribution >= 0.6 is 15.9 Å². The van der Waals surface area contributed by atoms with Gasteiger partial charge in [-0.3, -0.25) is 0 Å². The van der Waals surface area contributed by atoms with Crippen molar-refractivity contribution in [3.8, 4) is 11.1 Å². The van der Waals surface area contributed by atoms with E-state index in [1.165, 1.54) is 6.26 Å². The van der Waals surface area contributed by atoms with E-state index < -0.39 is 5.97 Å². The van der Waals surface area contributed by atoms with Crippen LogP contribution in [0.15, 0.2) is 39.4 Å². The van der Waals surface area contributed by atoms with Crippen molar-refractivity contribution >= 4 is 27.6 Å². The third kappa shape index (κ3) is 2.41. The van der Waals surface area contributed by atoms with Crippen molar-refractivity contribution in [2.24, 2.45) is 0 Å². The molecule has 0 bridgehead atoms. The number of nitrogens with two attached hydrogens (primary N) is 1. The second kappa shape index (κ2) is 5.27. The minimum Gasteiger partial charge on any atom is -0.460 e. The standard InChI is InChI=1S/C13H12BrNO3/c1-2-17-13(16)12-11(15)10(7-18-12)8-3-5-9(14)6-4-8/h3-7H,2,15H2,1H3. The first-order valence-electron chi connectivity index (χ1n) is 5.43. The Morgan fingerprint density at radius 2 is 2.06 bits per heavy atom. The van der Waals surface area contributed by atoms with Crippen molar-refractivity contribution in [2.75, 3.05) is 12.3 Å². The van der Waals surface area contributed by atoms with E-state index in [0.717, 1.165) is 10.0 Å². The fraction of sp³-hybridized carbons (Fsp3) is 0.154. The lowest BCUT2D eigenvalue weighted by Crippen LogP contribution is -2.06. The molecule has 0 atom stereocenters. The van der Waals surface area contributed by atoms with Gasteiger partial charge in [0.15, 0.2) is 0 Å². The van der Waals surface area contributed by atoms with Gasteiger partial charge in [-0.1, -0.05) is 28.1 Å². The lowest BCUT2D eigenvalue weighted by molar-refractivity contribution is 0.0492. The van der Waals surface area contributed by atoms with E-state index in [1.54, 1.807) is 6.92 Å². The normalized spacial score (nSPS) is 10.3. The number of hydrogen-bond donors (Lipinski definition) is 1. The summed E-state index contributed by atoms with van der Waals surface area (Å²) >= 11 is 3.36. The molecule has 18 heavy (non-hydrogen) atoms. The Kier molecular flexibility index (Phi) is 3.72. The van der Waals surface area contributed by atoms with Crippen LogP contribution in [0.3, 0.4) is 0 Å². The molecule has 0 unspecified atom stereocenters. The molecule has 0 amide bonds. The van der Waals surface area contributed by atoms with Crippen molar-refractivity contribution in [1.29, 1.82) is 0 Å². The molecule has 0 saturated carbocycles. The highest BCUT2D eigenvalue weighted by Gasteiger charge is 2.19. The second-order valence-electron chi connectivity index (χ2n) is 3.62. The van der Waals surface area contributed by atoms with E-state index >= 15 is 0 Å². The van der Waals surface area contributed by atoms with Crippen LogP contribution in [0.1, 0.15) is 17.5 Å². The summed E-state index contributed by atoms with van der Waals surface area (Å²) in [5.41, 5.74) is 7.77.